The van der Waals surface area contributed by atoms with E-state index in [1.54, 1.807) is 6.92 Å². The van der Waals surface area contributed by atoms with Crippen LogP contribution >= 0.6 is 0 Å². The summed E-state index contributed by atoms with van der Waals surface area (Å²) in [6.45, 7) is 1.88. The molecule has 1 N–H and O–H groups in total. The van der Waals surface area contributed by atoms with Crippen molar-refractivity contribution >= 4 is 24.3 Å². The second-order valence-electron chi connectivity index (χ2n) is 7.26. The zero-order chi connectivity index (χ0) is 21.5. The minimum atomic E-state index is -0.860. The lowest BCUT2D eigenvalue weighted by Gasteiger charge is -2.30. The molecule has 0 spiro atoms. The molecule has 1 aliphatic rings. The van der Waals surface area contributed by atoms with Gasteiger partial charge in [-0.05, 0) is 36.5 Å². The van der Waals surface area contributed by atoms with Crippen molar-refractivity contribution in [2.24, 2.45) is 0 Å². The molecular weight excluding hydrogens is 384 g/mol. The van der Waals surface area contributed by atoms with Gasteiger partial charge >= 0.3 is 12.4 Å². The molecule has 1 aliphatic heterocycles. The Bertz CT molecular complexity index is 928. The van der Waals surface area contributed by atoms with Crippen LogP contribution in [0.5, 0.6) is 0 Å². The maximum atomic E-state index is 12.9. The standard InChI is InChI=1S/C23H24N2O5/c1-16(22(28)25-14-19-10-6-5-9-18(19)13-21(25)27)24-20(23(29)30-15-26)12-11-17-7-3-2-4-8-17/h2-10,15-16,20,24H,11-14H2,1H3. The fraction of sp³-hybridized carbons (Fsp3) is 0.304. The maximum absolute atomic E-state index is 12.9. The molecule has 30 heavy (non-hydrogen) atoms. The Morgan fingerprint density at radius 1 is 1.10 bits per heavy atom. The Morgan fingerprint density at radius 2 is 1.77 bits per heavy atom. The van der Waals surface area contributed by atoms with E-state index in [-0.39, 0.29) is 25.3 Å². The average molecular weight is 408 g/mol. The summed E-state index contributed by atoms with van der Waals surface area (Å²) < 4.78 is 4.51. The van der Waals surface area contributed by atoms with Gasteiger partial charge in [0.15, 0.2) is 0 Å². The first-order valence-corrected chi connectivity index (χ1v) is 9.84. The van der Waals surface area contributed by atoms with Crippen molar-refractivity contribution in [3.8, 4) is 0 Å². The smallest absolute Gasteiger partial charge is 0.330 e. The number of ether oxygens (including phenoxy) is 1. The predicted octanol–water partition coefficient (Wildman–Crippen LogP) is 1.78. The molecule has 7 heteroatoms. The van der Waals surface area contributed by atoms with E-state index in [4.69, 9.17) is 0 Å². The molecule has 0 aliphatic carbocycles. The van der Waals surface area contributed by atoms with Crippen LogP contribution in [0, 0.1) is 0 Å². The normalized spacial score (nSPS) is 15.1. The lowest BCUT2D eigenvalue weighted by molar-refractivity contribution is -0.153. The quantitative estimate of drug-likeness (QED) is 0.407. The summed E-state index contributed by atoms with van der Waals surface area (Å²) in [6.07, 6.45) is 1.06. The molecular formula is C23H24N2O5. The highest BCUT2D eigenvalue weighted by atomic mass is 16.6. The SMILES string of the molecule is CC(NC(CCc1ccccc1)C(=O)OC=O)C(=O)N1Cc2ccccc2CC1=O. The summed E-state index contributed by atoms with van der Waals surface area (Å²) in [6, 6.07) is 15.4. The maximum Gasteiger partial charge on any atom is 0.330 e. The van der Waals surface area contributed by atoms with Crippen LogP contribution in [0.1, 0.15) is 30.0 Å². The zero-order valence-corrected chi connectivity index (χ0v) is 16.7. The second kappa shape index (κ2) is 9.93. The summed E-state index contributed by atoms with van der Waals surface area (Å²) in [5, 5.41) is 2.94. The first-order valence-electron chi connectivity index (χ1n) is 9.84. The Kier molecular flexibility index (Phi) is 7.08. The Morgan fingerprint density at radius 3 is 2.47 bits per heavy atom. The molecule has 7 nitrogen and oxygen atoms in total. The number of rotatable bonds is 8. The molecule has 2 atom stereocenters. The van der Waals surface area contributed by atoms with E-state index in [2.05, 4.69) is 10.1 Å². The van der Waals surface area contributed by atoms with Crippen molar-refractivity contribution < 1.29 is 23.9 Å². The molecule has 2 aromatic rings. The van der Waals surface area contributed by atoms with Gasteiger partial charge in [0.25, 0.3) is 0 Å². The summed E-state index contributed by atoms with van der Waals surface area (Å²) in [5.74, 6) is -1.45. The Hall–Kier alpha value is -3.32. The molecule has 3 rings (SSSR count). The van der Waals surface area contributed by atoms with Gasteiger partial charge in [-0.2, -0.15) is 0 Å². The highest BCUT2D eigenvalue weighted by molar-refractivity contribution is 5.99. The number of nitrogens with zero attached hydrogens (tertiary/aromatic N) is 1. The molecule has 2 aromatic carbocycles. The van der Waals surface area contributed by atoms with Crippen molar-refractivity contribution in [2.45, 2.75) is 44.8 Å². The third-order valence-corrected chi connectivity index (χ3v) is 5.19. The minimum absolute atomic E-state index is 0.0805. The number of fused-ring (bicyclic) bond motifs is 1. The average Bonchev–Trinajstić information content (AvgIpc) is 2.76. The van der Waals surface area contributed by atoms with Crippen LogP contribution in [0.3, 0.4) is 0 Å². The van der Waals surface area contributed by atoms with Crippen LogP contribution in [0.25, 0.3) is 0 Å². The Balaban J connectivity index is 1.67. The molecule has 0 saturated heterocycles. The van der Waals surface area contributed by atoms with Gasteiger partial charge in [-0.1, -0.05) is 54.6 Å². The number of aryl methyl sites for hydroxylation is 1. The fourth-order valence-corrected chi connectivity index (χ4v) is 3.56. The lowest BCUT2D eigenvalue weighted by atomic mass is 9.98. The molecule has 1 heterocycles. The first-order chi connectivity index (χ1) is 14.5. The van der Waals surface area contributed by atoms with Gasteiger partial charge < -0.3 is 4.74 Å². The zero-order valence-electron chi connectivity index (χ0n) is 16.7. The van der Waals surface area contributed by atoms with Gasteiger partial charge in [0.2, 0.25) is 11.8 Å². The van der Waals surface area contributed by atoms with Gasteiger partial charge in [-0.3, -0.25) is 24.6 Å². The number of hydrogen-bond donors (Lipinski definition) is 1. The topological polar surface area (TPSA) is 92.8 Å². The second-order valence-corrected chi connectivity index (χ2v) is 7.26. The van der Waals surface area contributed by atoms with E-state index in [0.717, 1.165) is 16.7 Å². The van der Waals surface area contributed by atoms with Crippen LogP contribution in [0.15, 0.2) is 54.6 Å². The highest BCUT2D eigenvalue weighted by Gasteiger charge is 2.32. The van der Waals surface area contributed by atoms with Crippen LogP contribution < -0.4 is 5.32 Å². The number of amides is 2. The fourth-order valence-electron chi connectivity index (χ4n) is 3.56. The molecule has 0 radical (unpaired) electrons. The molecule has 2 unspecified atom stereocenters. The van der Waals surface area contributed by atoms with Gasteiger partial charge in [-0.15, -0.1) is 0 Å². The molecule has 0 aromatic heterocycles. The number of imide groups is 1. The number of carbonyl (C=O) groups is 4. The summed E-state index contributed by atoms with van der Waals surface area (Å²) in [7, 11) is 0. The minimum Gasteiger partial charge on any atom is -0.394 e. The molecule has 0 fully saturated rings. The van der Waals surface area contributed by atoms with Gasteiger partial charge in [0.1, 0.15) is 6.04 Å². The van der Waals surface area contributed by atoms with Gasteiger partial charge in [-0.25, -0.2) is 4.79 Å². The number of benzene rings is 2. The van der Waals surface area contributed by atoms with Crippen molar-refractivity contribution in [3.05, 3.63) is 71.3 Å². The van der Waals surface area contributed by atoms with E-state index in [1.807, 2.05) is 54.6 Å². The molecule has 2 amide bonds. The monoisotopic (exact) mass is 408 g/mol. The molecule has 0 bridgehead atoms. The van der Waals surface area contributed by atoms with Crippen molar-refractivity contribution in [2.75, 3.05) is 0 Å². The number of nitrogens with one attached hydrogen (secondary N) is 1. The third-order valence-electron chi connectivity index (χ3n) is 5.19. The first kappa shape index (κ1) is 21.4. The molecule has 0 saturated carbocycles. The van der Waals surface area contributed by atoms with Gasteiger partial charge in [0, 0.05) is 0 Å². The number of esters is 1. The van der Waals surface area contributed by atoms with Crippen LogP contribution in [0.2, 0.25) is 0 Å². The highest BCUT2D eigenvalue weighted by Crippen LogP contribution is 2.20. The van der Waals surface area contributed by atoms with Crippen molar-refractivity contribution in [3.63, 3.8) is 0 Å². The Labute approximate surface area is 175 Å². The third kappa shape index (κ3) is 5.18. The van der Waals surface area contributed by atoms with E-state index >= 15 is 0 Å². The number of carbonyl (C=O) groups excluding carboxylic acids is 4. The van der Waals surface area contributed by atoms with Crippen LogP contribution in [-0.2, 0) is 43.3 Å². The van der Waals surface area contributed by atoms with Crippen LogP contribution in [0.4, 0.5) is 0 Å². The summed E-state index contributed by atoms with van der Waals surface area (Å²) in [4.78, 5) is 49.5. The van der Waals surface area contributed by atoms with Gasteiger partial charge in [0.05, 0.1) is 19.0 Å². The van der Waals surface area contributed by atoms with E-state index in [0.29, 0.717) is 12.8 Å². The largest absolute Gasteiger partial charge is 0.394 e. The van der Waals surface area contributed by atoms with Crippen molar-refractivity contribution in [1.82, 2.24) is 10.2 Å². The van der Waals surface area contributed by atoms with Crippen molar-refractivity contribution in [1.29, 1.82) is 0 Å². The van der Waals surface area contributed by atoms with E-state index in [9.17, 15) is 19.2 Å². The summed E-state index contributed by atoms with van der Waals surface area (Å²) >= 11 is 0. The summed E-state index contributed by atoms with van der Waals surface area (Å²) in [5.41, 5.74) is 2.87. The predicted molar refractivity (Wildman–Crippen MR) is 109 cm³/mol. The lowest BCUT2D eigenvalue weighted by Crippen LogP contribution is -2.53. The van der Waals surface area contributed by atoms with E-state index in [1.165, 1.54) is 4.90 Å². The number of hydrogen-bond acceptors (Lipinski definition) is 6. The van der Waals surface area contributed by atoms with E-state index < -0.39 is 24.0 Å². The molecule has 156 valence electrons. The van der Waals surface area contributed by atoms with Crippen LogP contribution in [-0.4, -0.2) is 41.2 Å².